The second-order valence-electron chi connectivity index (χ2n) is 13.0. The van der Waals surface area contributed by atoms with Crippen molar-refractivity contribution in [2.24, 2.45) is 5.41 Å². The molecule has 48 heavy (non-hydrogen) atoms. The quantitative estimate of drug-likeness (QED) is 0.189. The molecule has 2 heterocycles. The number of carbonyl (C=O) groups excluding carboxylic acids is 1. The summed E-state index contributed by atoms with van der Waals surface area (Å²) in [4.78, 5) is 31.5. The largest absolute Gasteiger partial charge is 0.478 e. The topological polar surface area (TPSA) is 92.2 Å². The summed E-state index contributed by atoms with van der Waals surface area (Å²) in [5.74, 6) is -0.736. The van der Waals surface area contributed by atoms with Gasteiger partial charge in [-0.3, -0.25) is 14.8 Å². The van der Waals surface area contributed by atoms with Crippen LogP contribution in [0.15, 0.2) is 134 Å². The van der Waals surface area contributed by atoms with Crippen molar-refractivity contribution >= 4 is 50.0 Å². The predicted molar refractivity (Wildman–Crippen MR) is 193 cm³/mol. The van der Waals surface area contributed by atoms with Crippen molar-refractivity contribution in [1.82, 2.24) is 9.97 Å². The number of carbonyl (C=O) groups is 2. The molecule has 0 saturated carbocycles. The normalized spacial score (nSPS) is 14.9. The van der Waals surface area contributed by atoms with Crippen LogP contribution in [0.1, 0.15) is 57.3 Å². The third kappa shape index (κ3) is 6.13. The van der Waals surface area contributed by atoms with Crippen LogP contribution in [0.3, 0.4) is 0 Å². The molecule has 0 bridgehead atoms. The van der Waals surface area contributed by atoms with Crippen LogP contribution >= 0.6 is 0 Å². The third-order valence-electron chi connectivity index (χ3n) is 9.43. The number of nitrogens with one attached hydrogen (secondary N) is 1. The first-order chi connectivity index (χ1) is 23.3. The van der Waals surface area contributed by atoms with E-state index >= 15 is 0 Å². The van der Waals surface area contributed by atoms with E-state index in [1.54, 1.807) is 42.7 Å². The molecule has 236 valence electrons. The monoisotopic (exact) mass is 629 g/mol. The van der Waals surface area contributed by atoms with Crippen LogP contribution in [-0.2, 0) is 12.8 Å². The minimum absolute atomic E-state index is 0.0799. The maximum absolute atomic E-state index is 12.6. The number of pyridine rings is 2. The lowest BCUT2D eigenvalue weighted by atomic mass is 9.63. The van der Waals surface area contributed by atoms with Crippen molar-refractivity contribution in [3.8, 4) is 0 Å². The highest BCUT2D eigenvalue weighted by Crippen LogP contribution is 2.48. The number of benzene rings is 5. The average Bonchev–Trinajstić information content (AvgIpc) is 3.11. The number of anilines is 1. The Morgan fingerprint density at radius 3 is 2.35 bits per heavy atom. The van der Waals surface area contributed by atoms with Crippen molar-refractivity contribution in [3.05, 3.63) is 162 Å². The number of fused-ring (bicyclic) bond motifs is 6. The molecule has 0 saturated heterocycles. The van der Waals surface area contributed by atoms with E-state index in [1.807, 2.05) is 30.3 Å². The van der Waals surface area contributed by atoms with Gasteiger partial charge in [0.2, 0.25) is 0 Å². The molecule has 7 aromatic rings. The fourth-order valence-corrected chi connectivity index (χ4v) is 6.97. The van der Waals surface area contributed by atoms with Gasteiger partial charge in [-0.2, -0.15) is 0 Å². The summed E-state index contributed by atoms with van der Waals surface area (Å²) in [7, 11) is 0. The SMILES string of the molecule is CC1(C)Cc2c(ccc3c2ccc2ccccc23)CC1c1cccc(NC(=O)c2ccccn2)c1.O=C(O)c1ccc2ncccc2c1. The summed E-state index contributed by atoms with van der Waals surface area (Å²) in [5, 5.41) is 17.9. The van der Waals surface area contributed by atoms with Gasteiger partial charge in [-0.15, -0.1) is 0 Å². The van der Waals surface area contributed by atoms with E-state index in [1.165, 1.54) is 38.2 Å². The minimum Gasteiger partial charge on any atom is -0.478 e. The Hall–Kier alpha value is -5.88. The molecule has 1 amide bonds. The minimum atomic E-state index is -0.911. The van der Waals surface area contributed by atoms with Gasteiger partial charge in [0.25, 0.3) is 5.91 Å². The van der Waals surface area contributed by atoms with Crippen molar-refractivity contribution in [1.29, 1.82) is 0 Å². The number of rotatable bonds is 4. The molecule has 0 radical (unpaired) electrons. The first kappa shape index (κ1) is 30.8. The highest BCUT2D eigenvalue weighted by Gasteiger charge is 2.37. The number of aromatic carboxylic acids is 1. The van der Waals surface area contributed by atoms with Gasteiger partial charge in [-0.1, -0.05) is 86.6 Å². The average molecular weight is 630 g/mol. The first-order valence-corrected chi connectivity index (χ1v) is 16.1. The Morgan fingerprint density at radius 1 is 0.729 bits per heavy atom. The van der Waals surface area contributed by atoms with Gasteiger partial charge < -0.3 is 10.4 Å². The summed E-state index contributed by atoms with van der Waals surface area (Å²) in [6.07, 6.45) is 5.33. The Labute approximate surface area is 279 Å². The molecule has 8 rings (SSSR count). The zero-order chi connectivity index (χ0) is 33.3. The Kier molecular flexibility index (Phi) is 8.15. The molecular weight excluding hydrogens is 594 g/mol. The second-order valence-corrected chi connectivity index (χ2v) is 13.0. The molecule has 0 fully saturated rings. The molecule has 1 aliphatic carbocycles. The van der Waals surface area contributed by atoms with E-state index in [0.29, 0.717) is 17.2 Å². The zero-order valence-electron chi connectivity index (χ0n) is 26.9. The summed E-state index contributed by atoms with van der Waals surface area (Å²) < 4.78 is 0. The zero-order valence-corrected chi connectivity index (χ0v) is 26.9. The number of amides is 1. The van der Waals surface area contributed by atoms with E-state index in [-0.39, 0.29) is 11.3 Å². The lowest BCUT2D eigenvalue weighted by Gasteiger charge is -2.41. The number of hydrogen-bond acceptors (Lipinski definition) is 4. The van der Waals surface area contributed by atoms with E-state index in [9.17, 15) is 9.59 Å². The summed E-state index contributed by atoms with van der Waals surface area (Å²) >= 11 is 0. The fourth-order valence-electron chi connectivity index (χ4n) is 6.97. The summed E-state index contributed by atoms with van der Waals surface area (Å²) in [6, 6.07) is 40.0. The summed E-state index contributed by atoms with van der Waals surface area (Å²) in [6.45, 7) is 4.75. The molecule has 0 spiro atoms. The Balaban J connectivity index is 0.000000235. The lowest BCUT2D eigenvalue weighted by Crippen LogP contribution is -2.31. The maximum atomic E-state index is 12.6. The van der Waals surface area contributed by atoms with Crippen LogP contribution in [0, 0.1) is 5.41 Å². The van der Waals surface area contributed by atoms with Crippen molar-refractivity contribution in [3.63, 3.8) is 0 Å². The summed E-state index contributed by atoms with van der Waals surface area (Å²) in [5.41, 5.74) is 6.59. The molecular formula is C42H35N3O3. The van der Waals surface area contributed by atoms with Crippen LogP contribution in [0.4, 0.5) is 5.69 Å². The van der Waals surface area contributed by atoms with Gasteiger partial charge in [0, 0.05) is 23.5 Å². The number of aromatic nitrogens is 2. The Morgan fingerprint density at radius 2 is 1.52 bits per heavy atom. The van der Waals surface area contributed by atoms with Crippen molar-refractivity contribution in [2.45, 2.75) is 32.6 Å². The standard InChI is InChI=1S/C32H28N2O.C10H7NO2/c1-32(2)20-28-22(14-16-26-25-11-4-3-8-21(25)13-15-27(26)28)19-29(32)23-9-7-10-24(18-23)34-31(35)30-12-5-6-17-33-30;12-10(13)8-3-4-9-7(6-8)2-1-5-11-9/h3-18,29H,19-20H2,1-2H3,(H,34,35);1-6H,(H,12,13). The maximum Gasteiger partial charge on any atom is 0.335 e. The Bertz CT molecular complexity index is 2310. The number of carboxylic acid groups (broad SMARTS) is 1. The van der Waals surface area contributed by atoms with Crippen LogP contribution in [0.5, 0.6) is 0 Å². The molecule has 1 unspecified atom stereocenters. The fraction of sp³-hybridized carbons (Fsp3) is 0.143. The molecule has 1 aliphatic rings. The van der Waals surface area contributed by atoms with Gasteiger partial charge >= 0.3 is 5.97 Å². The molecule has 2 N–H and O–H groups in total. The number of hydrogen-bond donors (Lipinski definition) is 2. The molecule has 6 heteroatoms. The van der Waals surface area contributed by atoms with E-state index in [4.69, 9.17) is 5.11 Å². The molecule has 6 nitrogen and oxygen atoms in total. The van der Waals surface area contributed by atoms with Crippen molar-refractivity contribution < 1.29 is 14.7 Å². The van der Waals surface area contributed by atoms with Gasteiger partial charge in [-0.25, -0.2) is 4.79 Å². The molecule has 2 aromatic heterocycles. The number of carboxylic acids is 1. The predicted octanol–water partition coefficient (Wildman–Crippen LogP) is 9.48. The van der Waals surface area contributed by atoms with Crippen LogP contribution < -0.4 is 5.32 Å². The second kappa shape index (κ2) is 12.7. The van der Waals surface area contributed by atoms with Gasteiger partial charge in [-0.05, 0) is 111 Å². The third-order valence-corrected chi connectivity index (χ3v) is 9.43. The first-order valence-electron chi connectivity index (χ1n) is 16.1. The van der Waals surface area contributed by atoms with E-state index in [0.717, 1.165) is 29.4 Å². The lowest BCUT2D eigenvalue weighted by molar-refractivity contribution is 0.0696. The van der Waals surface area contributed by atoms with Crippen LogP contribution in [-0.4, -0.2) is 27.0 Å². The van der Waals surface area contributed by atoms with Crippen LogP contribution in [0.2, 0.25) is 0 Å². The molecule has 5 aromatic carbocycles. The molecule has 0 aliphatic heterocycles. The van der Waals surface area contributed by atoms with E-state index < -0.39 is 5.97 Å². The van der Waals surface area contributed by atoms with Crippen LogP contribution in [0.25, 0.3) is 32.4 Å². The highest BCUT2D eigenvalue weighted by atomic mass is 16.4. The van der Waals surface area contributed by atoms with Gasteiger partial charge in [0.1, 0.15) is 5.69 Å². The van der Waals surface area contributed by atoms with Crippen molar-refractivity contribution in [2.75, 3.05) is 5.32 Å². The van der Waals surface area contributed by atoms with E-state index in [2.05, 4.69) is 89.8 Å². The number of nitrogens with zero attached hydrogens (tertiary/aromatic N) is 2. The van der Waals surface area contributed by atoms with Gasteiger partial charge in [0.05, 0.1) is 11.1 Å². The van der Waals surface area contributed by atoms with Gasteiger partial charge in [0.15, 0.2) is 0 Å². The smallest absolute Gasteiger partial charge is 0.335 e. The highest BCUT2D eigenvalue weighted by molar-refractivity contribution is 6.09. The molecule has 1 atom stereocenters.